The van der Waals surface area contributed by atoms with Crippen molar-refractivity contribution in [1.82, 2.24) is 0 Å². The van der Waals surface area contributed by atoms with Gasteiger partial charge in [0.05, 0.1) is 23.6 Å². The maximum Gasteiger partial charge on any atom is 0.265 e. The van der Waals surface area contributed by atoms with Crippen LogP contribution < -0.4 is 14.2 Å². The Kier molecular flexibility index (Phi) is 7.81. The lowest BCUT2D eigenvalue weighted by molar-refractivity contribution is -0.668. The van der Waals surface area contributed by atoms with Crippen molar-refractivity contribution in [2.75, 3.05) is 24.3 Å². The first-order chi connectivity index (χ1) is 18.3. The van der Waals surface area contributed by atoms with E-state index in [1.807, 2.05) is 18.2 Å². The number of thiazole rings is 1. The summed E-state index contributed by atoms with van der Waals surface area (Å²) in [6.07, 6.45) is 5.66. The molecule has 198 valence electrons. The molecule has 6 nitrogen and oxygen atoms in total. The Morgan fingerprint density at radius 2 is 1.87 bits per heavy atom. The molecule has 1 N–H and O–H groups in total. The van der Waals surface area contributed by atoms with Crippen molar-refractivity contribution >= 4 is 66.0 Å². The molecule has 0 fully saturated rings. The monoisotopic (exact) mass is 567 g/mol. The minimum atomic E-state index is -4.01. The van der Waals surface area contributed by atoms with Crippen molar-refractivity contribution in [3.8, 4) is 5.75 Å². The fourth-order valence-corrected chi connectivity index (χ4v) is 7.61. The Hall–Kier alpha value is -2.85. The first kappa shape index (κ1) is 26.7. The summed E-state index contributed by atoms with van der Waals surface area (Å²) < 4.78 is 40.9. The van der Waals surface area contributed by atoms with Crippen LogP contribution in [0.15, 0.2) is 76.2 Å². The number of fused-ring (bicyclic) bond motifs is 3. The van der Waals surface area contributed by atoms with Crippen LogP contribution in [0.4, 0.5) is 5.69 Å². The second kappa shape index (κ2) is 11.1. The second-order valence-electron chi connectivity index (χ2n) is 9.13. The Bertz CT molecular complexity index is 1670. The highest BCUT2D eigenvalue weighted by atomic mass is 32.2. The molecule has 5 rings (SSSR count). The molecule has 3 aromatic carbocycles. The molecule has 0 bridgehead atoms. The van der Waals surface area contributed by atoms with Crippen LogP contribution in [0.5, 0.6) is 5.75 Å². The molecular formula is C29H31N2O4S3+. The Morgan fingerprint density at radius 1 is 1.11 bits per heavy atom. The zero-order chi connectivity index (χ0) is 26.9. The summed E-state index contributed by atoms with van der Waals surface area (Å²) in [4.78, 5) is 3.52. The van der Waals surface area contributed by atoms with Crippen LogP contribution in [0.3, 0.4) is 0 Å². The first-order valence-electron chi connectivity index (χ1n) is 12.7. The molecule has 0 radical (unpaired) electrons. The van der Waals surface area contributed by atoms with E-state index in [1.165, 1.54) is 20.9 Å². The second-order valence-corrected chi connectivity index (χ2v) is 12.8. The van der Waals surface area contributed by atoms with Gasteiger partial charge in [0.15, 0.2) is 6.54 Å². The van der Waals surface area contributed by atoms with E-state index in [4.69, 9.17) is 4.74 Å². The van der Waals surface area contributed by atoms with Crippen LogP contribution >= 0.6 is 23.1 Å². The summed E-state index contributed by atoms with van der Waals surface area (Å²) in [5.41, 5.74) is 3.42. The number of aryl methyl sites for hydroxylation is 1. The average molecular weight is 568 g/mol. The fraction of sp³-hybridized carbons (Fsp3) is 0.276. The summed E-state index contributed by atoms with van der Waals surface area (Å²) in [6, 6.07) is 18.8. The number of allylic oxidation sites excluding steroid dienone is 2. The maximum atomic E-state index is 11.4. The molecule has 9 heteroatoms. The number of ether oxygens (including phenoxy) is 1. The van der Waals surface area contributed by atoms with Gasteiger partial charge in [-0.2, -0.15) is 13.0 Å². The molecule has 1 aliphatic rings. The van der Waals surface area contributed by atoms with Gasteiger partial charge >= 0.3 is 0 Å². The third kappa shape index (κ3) is 5.61. The molecule has 0 unspecified atom stereocenters. The van der Waals surface area contributed by atoms with Crippen molar-refractivity contribution in [2.45, 2.75) is 38.1 Å². The fourth-order valence-electron chi connectivity index (χ4n) is 4.73. The largest absolute Gasteiger partial charge is 0.497 e. The highest BCUT2D eigenvalue weighted by molar-refractivity contribution is 8.03. The van der Waals surface area contributed by atoms with Crippen molar-refractivity contribution in [3.05, 3.63) is 76.3 Å². The van der Waals surface area contributed by atoms with E-state index in [0.717, 1.165) is 45.0 Å². The van der Waals surface area contributed by atoms with Crippen LogP contribution in [0.1, 0.15) is 31.7 Å². The molecular weight excluding hydrogens is 537 g/mol. The van der Waals surface area contributed by atoms with Gasteiger partial charge in [0.2, 0.25) is 5.52 Å². The number of hydrogen-bond acceptors (Lipinski definition) is 6. The lowest BCUT2D eigenvalue weighted by Gasteiger charge is -2.18. The number of methoxy groups -OCH3 is 1. The first-order valence-corrected chi connectivity index (χ1v) is 15.9. The third-order valence-corrected chi connectivity index (χ3v) is 9.67. The Morgan fingerprint density at radius 3 is 2.55 bits per heavy atom. The Labute approximate surface area is 232 Å². The number of thioether (sulfide) groups is 1. The predicted octanol–water partition coefficient (Wildman–Crippen LogP) is 6.90. The van der Waals surface area contributed by atoms with Crippen molar-refractivity contribution in [3.63, 3.8) is 0 Å². The Balaban J connectivity index is 1.56. The van der Waals surface area contributed by atoms with Gasteiger partial charge in [0.25, 0.3) is 15.1 Å². The minimum Gasteiger partial charge on any atom is -0.497 e. The molecule has 1 aromatic heterocycles. The number of benzene rings is 3. The summed E-state index contributed by atoms with van der Waals surface area (Å²) in [5.74, 6) is 0.585. The van der Waals surface area contributed by atoms with E-state index in [1.54, 1.807) is 30.2 Å². The lowest BCUT2D eigenvalue weighted by atomic mass is 10.1. The number of anilines is 1. The smallest absolute Gasteiger partial charge is 0.265 e. The van der Waals surface area contributed by atoms with Crippen LogP contribution in [0.2, 0.25) is 0 Å². The van der Waals surface area contributed by atoms with E-state index >= 15 is 0 Å². The van der Waals surface area contributed by atoms with E-state index in [9.17, 15) is 13.0 Å². The van der Waals surface area contributed by atoms with Crippen molar-refractivity contribution < 1.29 is 22.3 Å². The van der Waals surface area contributed by atoms with Gasteiger partial charge in [-0.05, 0) is 54.0 Å². The molecule has 1 aliphatic heterocycles. The average Bonchev–Trinajstić information content (AvgIpc) is 3.41. The highest BCUT2D eigenvalue weighted by Crippen LogP contribution is 2.47. The summed E-state index contributed by atoms with van der Waals surface area (Å²) >= 11 is 3.47. The number of hydrogen-bond donors (Lipinski definition) is 1. The predicted molar refractivity (Wildman–Crippen MR) is 159 cm³/mol. The van der Waals surface area contributed by atoms with Gasteiger partial charge in [0, 0.05) is 36.1 Å². The van der Waals surface area contributed by atoms with E-state index in [0.29, 0.717) is 13.0 Å². The van der Waals surface area contributed by atoms with E-state index in [2.05, 4.69) is 71.9 Å². The molecule has 2 heterocycles. The normalized spacial score (nSPS) is 15.1. The molecule has 4 aromatic rings. The number of rotatable bonds is 9. The maximum absolute atomic E-state index is 11.4. The van der Waals surface area contributed by atoms with Crippen LogP contribution in [0, 0.1) is 0 Å². The molecule has 0 saturated heterocycles. The lowest BCUT2D eigenvalue weighted by Crippen LogP contribution is -2.36. The van der Waals surface area contributed by atoms with Gasteiger partial charge in [-0.3, -0.25) is 4.55 Å². The van der Waals surface area contributed by atoms with Gasteiger partial charge < -0.3 is 9.64 Å². The van der Waals surface area contributed by atoms with E-state index in [-0.39, 0.29) is 5.75 Å². The zero-order valence-corrected chi connectivity index (χ0v) is 24.1. The van der Waals surface area contributed by atoms with Crippen LogP contribution in [0.25, 0.3) is 27.1 Å². The van der Waals surface area contributed by atoms with Gasteiger partial charge in [-0.25, -0.2) is 0 Å². The standard InChI is InChI=1S/C29H30N2O4S3/c1-4-20(15-28-30(5-2)25-19-23(35-3)11-12-26(25)36-28)16-29-31(13-8-14-38(32,33)34)24-17-21-9-6-7-10-22(21)18-27(24)37-29/h6-7,9-12,15-19H,4-5,8,13-14H2,1-3H3/p+1. The SMILES string of the molecule is CCC(/C=C1\Sc2ccc(OC)cc2N1CC)=C\c1sc2cc3ccccc3cc2[n+]1CCCS(=O)(=O)O. The molecule has 38 heavy (non-hydrogen) atoms. The number of nitrogens with zero attached hydrogens (tertiary/aromatic N) is 2. The molecule has 0 spiro atoms. The quantitative estimate of drug-likeness (QED) is 0.175. The molecule has 0 saturated carbocycles. The van der Waals surface area contributed by atoms with Gasteiger partial charge in [0.1, 0.15) is 10.4 Å². The summed E-state index contributed by atoms with van der Waals surface area (Å²) in [5, 5.41) is 4.55. The van der Waals surface area contributed by atoms with Crippen molar-refractivity contribution in [2.24, 2.45) is 0 Å². The highest BCUT2D eigenvalue weighted by Gasteiger charge is 2.25. The minimum absolute atomic E-state index is 0.261. The van der Waals surface area contributed by atoms with Gasteiger partial charge in [-0.15, -0.1) is 0 Å². The van der Waals surface area contributed by atoms with Crippen LogP contribution in [-0.2, 0) is 16.7 Å². The molecule has 0 atom stereocenters. The van der Waals surface area contributed by atoms with Gasteiger partial charge in [-0.1, -0.05) is 54.3 Å². The van der Waals surface area contributed by atoms with Crippen molar-refractivity contribution in [1.29, 1.82) is 0 Å². The third-order valence-electron chi connectivity index (χ3n) is 6.66. The summed E-state index contributed by atoms with van der Waals surface area (Å²) in [6.45, 7) is 5.65. The van der Waals surface area contributed by atoms with E-state index < -0.39 is 10.1 Å². The topological polar surface area (TPSA) is 70.7 Å². The molecule has 0 amide bonds. The molecule has 0 aliphatic carbocycles. The summed E-state index contributed by atoms with van der Waals surface area (Å²) in [7, 11) is -2.33. The van der Waals surface area contributed by atoms with Crippen LogP contribution in [-0.4, -0.2) is 32.4 Å². The zero-order valence-electron chi connectivity index (χ0n) is 21.7. The number of aromatic nitrogens is 1.